The first-order valence-electron chi connectivity index (χ1n) is 9.44. The minimum atomic E-state index is -1.54. The molecule has 1 aliphatic rings. The first-order chi connectivity index (χ1) is 12.5. The molecule has 0 bridgehead atoms. The first-order valence-corrected chi connectivity index (χ1v) is 9.44. The molecule has 140 valence electrons. The second kappa shape index (κ2) is 8.24. The van der Waals surface area contributed by atoms with Crippen LogP contribution < -0.4 is 0 Å². The Bertz CT molecular complexity index is 738. The third kappa shape index (κ3) is 4.11. The zero-order valence-electron chi connectivity index (χ0n) is 15.0. The normalized spacial score (nSPS) is 20.3. The van der Waals surface area contributed by atoms with Crippen LogP contribution in [0.4, 0.5) is 17.6 Å². The molecule has 0 aliphatic heterocycles. The van der Waals surface area contributed by atoms with E-state index in [0.717, 1.165) is 36.5 Å². The Hall–Kier alpha value is -1.84. The van der Waals surface area contributed by atoms with Gasteiger partial charge in [0.1, 0.15) is 5.82 Å². The van der Waals surface area contributed by atoms with Gasteiger partial charge in [0, 0.05) is 5.56 Å². The van der Waals surface area contributed by atoms with E-state index in [0.29, 0.717) is 5.92 Å². The summed E-state index contributed by atoms with van der Waals surface area (Å²) < 4.78 is 54.5. The van der Waals surface area contributed by atoms with Crippen molar-refractivity contribution in [2.45, 2.75) is 57.8 Å². The number of rotatable bonds is 5. The second-order valence-electron chi connectivity index (χ2n) is 7.35. The SMILES string of the molecule is CCCCC1CCC(c2ccc(-c3cc(F)c(F)c(F)c3)c(F)c2)CC1. The molecule has 3 rings (SSSR count). The smallest absolute Gasteiger partial charge is 0.194 e. The van der Waals surface area contributed by atoms with Crippen LogP contribution in [-0.4, -0.2) is 0 Å². The quantitative estimate of drug-likeness (QED) is 0.384. The summed E-state index contributed by atoms with van der Waals surface area (Å²) in [5.41, 5.74) is 1.03. The summed E-state index contributed by atoms with van der Waals surface area (Å²) in [6, 6.07) is 6.49. The Kier molecular flexibility index (Phi) is 6.00. The van der Waals surface area contributed by atoms with E-state index in [2.05, 4.69) is 6.92 Å². The van der Waals surface area contributed by atoms with Crippen LogP contribution in [0.3, 0.4) is 0 Å². The van der Waals surface area contributed by atoms with Crippen molar-refractivity contribution in [2.75, 3.05) is 0 Å². The van der Waals surface area contributed by atoms with Gasteiger partial charge in [-0.15, -0.1) is 0 Å². The van der Waals surface area contributed by atoms with Crippen LogP contribution in [0.25, 0.3) is 11.1 Å². The van der Waals surface area contributed by atoms with Gasteiger partial charge in [-0.05, 0) is 66.8 Å². The molecule has 0 heterocycles. The van der Waals surface area contributed by atoms with Gasteiger partial charge in [0.05, 0.1) is 0 Å². The molecule has 0 nitrogen and oxygen atoms in total. The number of unbranched alkanes of at least 4 members (excludes halogenated alkanes) is 1. The van der Waals surface area contributed by atoms with Crippen molar-refractivity contribution in [3.05, 3.63) is 59.2 Å². The van der Waals surface area contributed by atoms with E-state index in [-0.39, 0.29) is 11.1 Å². The molecule has 0 N–H and O–H groups in total. The van der Waals surface area contributed by atoms with Crippen LogP contribution in [0.1, 0.15) is 63.4 Å². The molecule has 1 fully saturated rings. The maximum atomic E-state index is 14.6. The van der Waals surface area contributed by atoms with Gasteiger partial charge in [0.25, 0.3) is 0 Å². The van der Waals surface area contributed by atoms with Gasteiger partial charge >= 0.3 is 0 Å². The second-order valence-corrected chi connectivity index (χ2v) is 7.35. The van der Waals surface area contributed by atoms with Crippen molar-refractivity contribution in [2.24, 2.45) is 5.92 Å². The summed E-state index contributed by atoms with van der Waals surface area (Å²) in [4.78, 5) is 0. The molecule has 1 aliphatic carbocycles. The summed E-state index contributed by atoms with van der Waals surface area (Å²) in [5.74, 6) is -3.58. The van der Waals surface area contributed by atoms with E-state index >= 15 is 0 Å². The Morgan fingerprint density at radius 2 is 1.50 bits per heavy atom. The molecule has 0 aromatic heterocycles. The van der Waals surface area contributed by atoms with Crippen LogP contribution >= 0.6 is 0 Å². The van der Waals surface area contributed by atoms with Gasteiger partial charge in [-0.25, -0.2) is 17.6 Å². The van der Waals surface area contributed by atoms with Crippen molar-refractivity contribution in [1.82, 2.24) is 0 Å². The largest absolute Gasteiger partial charge is 0.206 e. The fraction of sp³-hybridized carbons (Fsp3) is 0.455. The molecule has 0 amide bonds. The van der Waals surface area contributed by atoms with E-state index in [9.17, 15) is 17.6 Å². The van der Waals surface area contributed by atoms with E-state index in [4.69, 9.17) is 0 Å². The third-order valence-electron chi connectivity index (χ3n) is 5.57. The Labute approximate surface area is 152 Å². The number of benzene rings is 2. The number of halogens is 4. The minimum absolute atomic E-state index is 0.00808. The lowest BCUT2D eigenvalue weighted by Crippen LogP contribution is -2.13. The molecule has 2 aromatic rings. The van der Waals surface area contributed by atoms with Crippen molar-refractivity contribution >= 4 is 0 Å². The fourth-order valence-electron chi connectivity index (χ4n) is 4.01. The van der Waals surface area contributed by atoms with Crippen LogP contribution in [-0.2, 0) is 0 Å². The molecule has 4 heteroatoms. The lowest BCUT2D eigenvalue weighted by Gasteiger charge is -2.29. The summed E-state index contributed by atoms with van der Waals surface area (Å²) >= 11 is 0. The standard InChI is InChI=1S/C22H24F4/c1-2-3-4-14-5-7-15(8-6-14)16-9-10-18(19(23)11-16)17-12-20(24)22(26)21(25)13-17/h9-15H,2-8H2,1H3. The van der Waals surface area contributed by atoms with Crippen LogP contribution in [0.15, 0.2) is 30.3 Å². The topological polar surface area (TPSA) is 0 Å². The highest BCUT2D eigenvalue weighted by molar-refractivity contribution is 5.65. The Balaban J connectivity index is 1.74. The fourth-order valence-corrected chi connectivity index (χ4v) is 4.01. The highest BCUT2D eigenvalue weighted by Crippen LogP contribution is 2.39. The van der Waals surface area contributed by atoms with Gasteiger partial charge in [-0.2, -0.15) is 0 Å². The monoisotopic (exact) mass is 364 g/mol. The summed E-state index contributed by atoms with van der Waals surface area (Å²) in [7, 11) is 0. The molecule has 0 unspecified atom stereocenters. The molecule has 0 saturated heterocycles. The lowest BCUT2D eigenvalue weighted by molar-refractivity contribution is 0.304. The predicted octanol–water partition coefficient (Wildman–Crippen LogP) is 7.37. The van der Waals surface area contributed by atoms with Gasteiger partial charge in [0.15, 0.2) is 17.5 Å². The zero-order valence-corrected chi connectivity index (χ0v) is 15.0. The number of hydrogen-bond donors (Lipinski definition) is 0. The Morgan fingerprint density at radius 3 is 2.08 bits per heavy atom. The first kappa shape index (κ1) is 18.9. The van der Waals surface area contributed by atoms with Crippen LogP contribution in [0, 0.1) is 29.2 Å². The summed E-state index contributed by atoms with van der Waals surface area (Å²) in [6.07, 6.45) is 8.20. The van der Waals surface area contributed by atoms with Crippen molar-refractivity contribution < 1.29 is 17.6 Å². The molecule has 0 spiro atoms. The lowest BCUT2D eigenvalue weighted by atomic mass is 9.77. The van der Waals surface area contributed by atoms with Crippen LogP contribution in [0.5, 0.6) is 0 Å². The molecular weight excluding hydrogens is 340 g/mol. The number of hydrogen-bond acceptors (Lipinski definition) is 0. The van der Waals surface area contributed by atoms with Crippen LogP contribution in [0.2, 0.25) is 0 Å². The van der Waals surface area contributed by atoms with Crippen molar-refractivity contribution in [1.29, 1.82) is 0 Å². The van der Waals surface area contributed by atoms with E-state index in [1.165, 1.54) is 38.2 Å². The highest BCUT2D eigenvalue weighted by atomic mass is 19.2. The molecular formula is C22H24F4. The van der Waals surface area contributed by atoms with Gasteiger partial charge in [0.2, 0.25) is 0 Å². The predicted molar refractivity (Wildman–Crippen MR) is 95.9 cm³/mol. The molecule has 0 radical (unpaired) electrons. The van der Waals surface area contributed by atoms with Gasteiger partial charge in [-0.3, -0.25) is 0 Å². The zero-order chi connectivity index (χ0) is 18.7. The minimum Gasteiger partial charge on any atom is -0.206 e. The average Bonchev–Trinajstić information content (AvgIpc) is 2.64. The third-order valence-corrected chi connectivity index (χ3v) is 5.57. The van der Waals surface area contributed by atoms with Gasteiger partial charge < -0.3 is 0 Å². The van der Waals surface area contributed by atoms with E-state index in [1.807, 2.05) is 6.07 Å². The maximum Gasteiger partial charge on any atom is 0.194 e. The summed E-state index contributed by atoms with van der Waals surface area (Å²) in [6.45, 7) is 2.20. The van der Waals surface area contributed by atoms with E-state index in [1.54, 1.807) is 6.07 Å². The van der Waals surface area contributed by atoms with Crippen molar-refractivity contribution in [3.63, 3.8) is 0 Å². The molecule has 2 aromatic carbocycles. The molecule has 1 saturated carbocycles. The van der Waals surface area contributed by atoms with Crippen molar-refractivity contribution in [3.8, 4) is 11.1 Å². The molecule has 0 atom stereocenters. The average molecular weight is 364 g/mol. The van der Waals surface area contributed by atoms with Gasteiger partial charge in [-0.1, -0.05) is 38.3 Å². The van der Waals surface area contributed by atoms with E-state index < -0.39 is 23.3 Å². The maximum absolute atomic E-state index is 14.6. The molecule has 26 heavy (non-hydrogen) atoms. The summed E-state index contributed by atoms with van der Waals surface area (Å²) in [5, 5.41) is 0. The Morgan fingerprint density at radius 1 is 0.846 bits per heavy atom. The highest BCUT2D eigenvalue weighted by Gasteiger charge is 2.23.